The number of aromatic nitrogens is 3. The first-order valence-electron chi connectivity index (χ1n) is 6.43. The van der Waals surface area contributed by atoms with Crippen LogP contribution in [0.2, 0.25) is 0 Å². The van der Waals surface area contributed by atoms with E-state index in [1.165, 1.54) is 6.20 Å². The summed E-state index contributed by atoms with van der Waals surface area (Å²) >= 11 is 0. The molecule has 0 fully saturated rings. The highest BCUT2D eigenvalue weighted by Gasteiger charge is 2.13. The normalized spacial score (nSPS) is 10.3. The quantitative estimate of drug-likeness (QED) is 0.800. The third kappa shape index (κ3) is 2.53. The minimum atomic E-state index is -0.226. The van der Waals surface area contributed by atoms with Gasteiger partial charge in [0.25, 0.3) is 0 Å². The first kappa shape index (κ1) is 13.1. The number of nitrogens with one attached hydrogen (secondary N) is 1. The molecule has 5 heteroatoms. The number of aromatic amines is 1. The second-order valence-corrected chi connectivity index (χ2v) is 4.46. The predicted molar refractivity (Wildman–Crippen MR) is 80.1 cm³/mol. The molecule has 0 aliphatic rings. The van der Waals surface area contributed by atoms with Crippen molar-refractivity contribution in [2.45, 2.75) is 0 Å². The van der Waals surface area contributed by atoms with Gasteiger partial charge < -0.3 is 4.74 Å². The molecule has 0 spiro atoms. The molecule has 5 nitrogen and oxygen atoms in total. The third-order valence-electron chi connectivity index (χ3n) is 3.20. The summed E-state index contributed by atoms with van der Waals surface area (Å²) in [4.78, 5) is 12.0. The molecule has 104 valence electrons. The van der Waals surface area contributed by atoms with Crippen LogP contribution in [0, 0.1) is 0 Å². The topological polar surface area (TPSA) is 67.9 Å². The minimum Gasteiger partial charge on any atom is -0.497 e. The zero-order valence-electron chi connectivity index (χ0n) is 11.4. The van der Waals surface area contributed by atoms with Gasteiger partial charge in [-0.25, -0.2) is 0 Å². The Bertz CT molecular complexity index is 813. The average molecular weight is 279 g/mol. The van der Waals surface area contributed by atoms with Crippen LogP contribution in [0.1, 0.15) is 0 Å². The van der Waals surface area contributed by atoms with Gasteiger partial charge in [0.05, 0.1) is 13.3 Å². The fourth-order valence-corrected chi connectivity index (χ4v) is 2.19. The highest BCUT2D eigenvalue weighted by Crippen LogP contribution is 2.32. The molecule has 3 rings (SSSR count). The molecular weight excluding hydrogens is 266 g/mol. The van der Waals surface area contributed by atoms with E-state index in [1.807, 2.05) is 48.5 Å². The van der Waals surface area contributed by atoms with Crippen LogP contribution in [0.15, 0.2) is 59.5 Å². The van der Waals surface area contributed by atoms with E-state index in [9.17, 15) is 4.79 Å². The number of methoxy groups -OCH3 is 1. The van der Waals surface area contributed by atoms with Gasteiger partial charge in [-0.05, 0) is 29.3 Å². The van der Waals surface area contributed by atoms with Crippen LogP contribution in [0.3, 0.4) is 0 Å². The van der Waals surface area contributed by atoms with Gasteiger partial charge in [-0.2, -0.15) is 15.4 Å². The summed E-state index contributed by atoms with van der Waals surface area (Å²) in [6.07, 6.45) is 1.22. The lowest BCUT2D eigenvalue weighted by Crippen LogP contribution is -2.09. The van der Waals surface area contributed by atoms with Crippen LogP contribution in [0.4, 0.5) is 0 Å². The number of hydrogen-bond acceptors (Lipinski definition) is 4. The molecule has 0 unspecified atom stereocenters. The van der Waals surface area contributed by atoms with E-state index in [-0.39, 0.29) is 5.43 Å². The monoisotopic (exact) mass is 279 g/mol. The Balaban J connectivity index is 2.26. The lowest BCUT2D eigenvalue weighted by molar-refractivity contribution is 0.415. The van der Waals surface area contributed by atoms with Crippen LogP contribution >= 0.6 is 0 Å². The number of benzene rings is 2. The smallest absolute Gasteiger partial charge is 0.226 e. The zero-order valence-corrected chi connectivity index (χ0v) is 11.4. The molecule has 0 aliphatic heterocycles. The van der Waals surface area contributed by atoms with Gasteiger partial charge in [0, 0.05) is 5.56 Å². The fraction of sp³-hybridized carbons (Fsp3) is 0.0625. The molecule has 1 aromatic heterocycles. The van der Waals surface area contributed by atoms with Crippen molar-refractivity contribution in [1.29, 1.82) is 0 Å². The van der Waals surface area contributed by atoms with E-state index >= 15 is 0 Å². The summed E-state index contributed by atoms with van der Waals surface area (Å²) in [7, 11) is 1.61. The fourth-order valence-electron chi connectivity index (χ4n) is 2.19. The third-order valence-corrected chi connectivity index (χ3v) is 3.20. The predicted octanol–water partition coefficient (Wildman–Crippen LogP) is 2.51. The second-order valence-electron chi connectivity index (χ2n) is 4.46. The lowest BCUT2D eigenvalue weighted by atomic mass is 9.97. The van der Waals surface area contributed by atoms with E-state index in [2.05, 4.69) is 15.4 Å². The van der Waals surface area contributed by atoms with Crippen molar-refractivity contribution in [3.05, 3.63) is 65.0 Å². The first-order chi connectivity index (χ1) is 10.3. The Morgan fingerprint density at radius 3 is 2.57 bits per heavy atom. The van der Waals surface area contributed by atoms with Gasteiger partial charge in [-0.3, -0.25) is 4.79 Å². The Morgan fingerprint density at radius 2 is 1.86 bits per heavy atom. The van der Waals surface area contributed by atoms with Crippen molar-refractivity contribution in [3.63, 3.8) is 0 Å². The Labute approximate surface area is 121 Å². The van der Waals surface area contributed by atoms with Crippen LogP contribution in [0.25, 0.3) is 22.4 Å². The van der Waals surface area contributed by atoms with E-state index in [0.717, 1.165) is 22.4 Å². The highest BCUT2D eigenvalue weighted by atomic mass is 16.5. The van der Waals surface area contributed by atoms with Crippen LogP contribution in [0.5, 0.6) is 5.75 Å². The van der Waals surface area contributed by atoms with Crippen molar-refractivity contribution in [2.75, 3.05) is 7.11 Å². The van der Waals surface area contributed by atoms with E-state index in [4.69, 9.17) is 4.74 Å². The maximum Gasteiger partial charge on any atom is 0.226 e. The number of hydrogen-bond donors (Lipinski definition) is 1. The van der Waals surface area contributed by atoms with Crippen LogP contribution < -0.4 is 10.2 Å². The van der Waals surface area contributed by atoms with Crippen molar-refractivity contribution in [1.82, 2.24) is 15.4 Å². The molecule has 0 bridgehead atoms. The number of rotatable bonds is 3. The van der Waals surface area contributed by atoms with Gasteiger partial charge >= 0.3 is 0 Å². The number of nitrogens with zero attached hydrogens (tertiary/aromatic N) is 2. The maximum absolute atomic E-state index is 12.0. The molecule has 2 aromatic carbocycles. The van der Waals surface area contributed by atoms with Crippen molar-refractivity contribution < 1.29 is 4.74 Å². The molecule has 0 amide bonds. The first-order valence-corrected chi connectivity index (χ1v) is 6.43. The summed E-state index contributed by atoms with van der Waals surface area (Å²) in [5.41, 5.74) is 2.73. The van der Waals surface area contributed by atoms with E-state index in [0.29, 0.717) is 5.69 Å². The molecule has 0 atom stereocenters. The van der Waals surface area contributed by atoms with Crippen LogP contribution in [-0.2, 0) is 0 Å². The molecule has 21 heavy (non-hydrogen) atoms. The molecular formula is C16H13N3O2. The summed E-state index contributed by atoms with van der Waals surface area (Å²) in [6, 6.07) is 15.3. The molecule has 1 heterocycles. The largest absolute Gasteiger partial charge is 0.497 e. The van der Waals surface area contributed by atoms with Crippen molar-refractivity contribution >= 4 is 0 Å². The Kier molecular flexibility index (Phi) is 3.47. The summed E-state index contributed by atoms with van der Waals surface area (Å²) < 4.78 is 5.28. The summed E-state index contributed by atoms with van der Waals surface area (Å²) in [5, 5.41) is 10.1. The Morgan fingerprint density at radius 1 is 1.05 bits per heavy atom. The van der Waals surface area contributed by atoms with Gasteiger partial charge in [-0.15, -0.1) is 0 Å². The standard InChI is InChI=1S/C16H13N3O2/c1-21-12-7-8-13(16-15(20)10-17-19-18-16)14(9-12)11-5-3-2-4-6-11/h2-10H,1H3,(H,19,20). The lowest BCUT2D eigenvalue weighted by Gasteiger charge is -2.10. The molecule has 0 saturated carbocycles. The van der Waals surface area contributed by atoms with Crippen LogP contribution in [-0.4, -0.2) is 22.5 Å². The molecule has 3 aromatic rings. The summed E-state index contributed by atoms with van der Waals surface area (Å²) in [6.45, 7) is 0. The number of H-pyrrole nitrogens is 1. The maximum atomic E-state index is 12.0. The average Bonchev–Trinajstić information content (AvgIpc) is 2.56. The SMILES string of the molecule is COc1ccc(-c2n[nH]ncc2=O)c(-c2ccccc2)c1. The van der Waals surface area contributed by atoms with Gasteiger partial charge in [0.1, 0.15) is 11.4 Å². The van der Waals surface area contributed by atoms with E-state index in [1.54, 1.807) is 7.11 Å². The highest BCUT2D eigenvalue weighted by molar-refractivity contribution is 5.82. The Hall–Kier alpha value is -2.95. The number of ether oxygens (including phenoxy) is 1. The molecule has 1 N–H and O–H groups in total. The molecule has 0 saturated heterocycles. The minimum absolute atomic E-state index is 0.226. The van der Waals surface area contributed by atoms with Gasteiger partial charge in [0.15, 0.2) is 0 Å². The van der Waals surface area contributed by atoms with E-state index < -0.39 is 0 Å². The zero-order chi connectivity index (χ0) is 14.7. The summed E-state index contributed by atoms with van der Waals surface area (Å²) in [5.74, 6) is 0.725. The molecule has 0 radical (unpaired) electrons. The molecule has 0 aliphatic carbocycles. The van der Waals surface area contributed by atoms with Gasteiger partial charge in [-0.1, -0.05) is 30.3 Å². The van der Waals surface area contributed by atoms with Crippen molar-refractivity contribution in [2.24, 2.45) is 0 Å². The van der Waals surface area contributed by atoms with Gasteiger partial charge in [0.2, 0.25) is 5.43 Å². The van der Waals surface area contributed by atoms with Crippen molar-refractivity contribution in [3.8, 4) is 28.1 Å². The second kappa shape index (κ2) is 5.58.